The molecule has 2 rings (SSSR count). The molecule has 18 heavy (non-hydrogen) atoms. The van der Waals surface area contributed by atoms with Crippen LogP contribution < -0.4 is 5.73 Å². The molecule has 0 atom stereocenters. The Kier molecular flexibility index (Phi) is 3.63. The molecule has 0 saturated carbocycles. The van der Waals surface area contributed by atoms with Crippen LogP contribution in [0.3, 0.4) is 0 Å². The lowest BCUT2D eigenvalue weighted by Gasteiger charge is -2.10. The van der Waals surface area contributed by atoms with E-state index in [2.05, 4.69) is 0 Å². The van der Waals surface area contributed by atoms with Crippen LogP contribution in [0.2, 0.25) is 5.02 Å². The van der Waals surface area contributed by atoms with E-state index in [1.54, 1.807) is 36.4 Å². The summed E-state index contributed by atoms with van der Waals surface area (Å²) in [5.41, 5.74) is 7.21. The van der Waals surface area contributed by atoms with Gasteiger partial charge in [-0.3, -0.25) is 4.79 Å². The van der Waals surface area contributed by atoms with Crippen molar-refractivity contribution < 1.29 is 9.18 Å². The van der Waals surface area contributed by atoms with Gasteiger partial charge in [0.15, 0.2) is 0 Å². The Morgan fingerprint density at radius 3 is 2.50 bits per heavy atom. The molecule has 0 radical (unpaired) electrons. The van der Waals surface area contributed by atoms with E-state index in [1.807, 2.05) is 0 Å². The summed E-state index contributed by atoms with van der Waals surface area (Å²) in [6.07, 6.45) is 0.100. The van der Waals surface area contributed by atoms with Crippen LogP contribution in [0.25, 0.3) is 11.1 Å². The van der Waals surface area contributed by atoms with Gasteiger partial charge in [0.25, 0.3) is 0 Å². The molecule has 1 amide bonds. The molecular weight excluding hydrogens is 253 g/mol. The third-order valence-electron chi connectivity index (χ3n) is 2.62. The van der Waals surface area contributed by atoms with E-state index in [0.717, 1.165) is 11.1 Å². The first-order chi connectivity index (χ1) is 8.59. The minimum absolute atomic E-state index is 0.0504. The van der Waals surface area contributed by atoms with E-state index in [9.17, 15) is 9.18 Å². The molecule has 2 N–H and O–H groups in total. The van der Waals surface area contributed by atoms with Crippen molar-refractivity contribution in [3.05, 3.63) is 58.9 Å². The quantitative estimate of drug-likeness (QED) is 0.908. The Hall–Kier alpha value is -1.87. The lowest BCUT2D eigenvalue weighted by Crippen LogP contribution is -2.14. The highest BCUT2D eigenvalue weighted by Gasteiger charge is 2.12. The van der Waals surface area contributed by atoms with Crippen molar-refractivity contribution in [3.63, 3.8) is 0 Å². The third-order valence-corrected chi connectivity index (χ3v) is 3.01. The molecular formula is C14H11ClFNO. The minimum atomic E-state index is -0.483. The fourth-order valence-corrected chi connectivity index (χ4v) is 2.06. The molecule has 0 spiro atoms. The van der Waals surface area contributed by atoms with Crippen molar-refractivity contribution >= 4 is 17.5 Å². The van der Waals surface area contributed by atoms with Gasteiger partial charge in [-0.25, -0.2) is 4.39 Å². The second-order valence-corrected chi connectivity index (χ2v) is 4.28. The number of carbonyl (C=O) groups excluding carboxylic acids is 1. The molecule has 2 nitrogen and oxygen atoms in total. The molecule has 2 aromatic rings. The van der Waals surface area contributed by atoms with Crippen LogP contribution in [0.15, 0.2) is 42.5 Å². The Labute approximate surface area is 109 Å². The molecule has 0 heterocycles. The highest BCUT2D eigenvalue weighted by molar-refractivity contribution is 6.33. The second-order valence-electron chi connectivity index (χ2n) is 3.90. The van der Waals surface area contributed by atoms with Gasteiger partial charge in [-0.1, -0.05) is 48.0 Å². The number of hydrogen-bond donors (Lipinski definition) is 1. The van der Waals surface area contributed by atoms with Crippen LogP contribution in [-0.4, -0.2) is 5.91 Å². The van der Waals surface area contributed by atoms with Crippen LogP contribution in [0.5, 0.6) is 0 Å². The average Bonchev–Trinajstić information content (AvgIpc) is 2.33. The summed E-state index contributed by atoms with van der Waals surface area (Å²) in [5.74, 6) is -0.918. The normalized spacial score (nSPS) is 10.3. The van der Waals surface area contributed by atoms with Gasteiger partial charge in [-0.15, -0.1) is 0 Å². The number of primary amides is 1. The van der Waals surface area contributed by atoms with Crippen molar-refractivity contribution in [2.45, 2.75) is 6.42 Å². The minimum Gasteiger partial charge on any atom is -0.369 e. The number of benzene rings is 2. The van der Waals surface area contributed by atoms with Crippen LogP contribution in [-0.2, 0) is 11.2 Å². The highest BCUT2D eigenvalue weighted by atomic mass is 35.5. The standard InChI is InChI=1S/C14H11ClFNO/c15-14-11(6-3-7-12(14)16)10-5-2-1-4-9(10)8-13(17)18/h1-7H,8H2,(H2,17,18). The van der Waals surface area contributed by atoms with Gasteiger partial charge in [0.2, 0.25) is 5.91 Å². The van der Waals surface area contributed by atoms with Crippen molar-refractivity contribution in [2.75, 3.05) is 0 Å². The summed E-state index contributed by atoms with van der Waals surface area (Å²) in [6, 6.07) is 11.8. The molecule has 92 valence electrons. The molecule has 0 aliphatic rings. The number of hydrogen-bond acceptors (Lipinski definition) is 1. The molecule has 0 bridgehead atoms. The van der Waals surface area contributed by atoms with Gasteiger partial charge in [0.1, 0.15) is 5.82 Å². The third kappa shape index (κ3) is 2.51. The monoisotopic (exact) mass is 263 g/mol. The van der Waals surface area contributed by atoms with Gasteiger partial charge in [-0.05, 0) is 17.2 Å². The summed E-state index contributed by atoms with van der Waals surface area (Å²) >= 11 is 5.95. The average molecular weight is 264 g/mol. The maximum absolute atomic E-state index is 13.4. The zero-order valence-corrected chi connectivity index (χ0v) is 10.2. The molecule has 0 saturated heterocycles. The SMILES string of the molecule is NC(=O)Cc1ccccc1-c1cccc(F)c1Cl. The zero-order chi connectivity index (χ0) is 13.1. The fraction of sp³-hybridized carbons (Fsp3) is 0.0714. The molecule has 2 aromatic carbocycles. The van der Waals surface area contributed by atoms with Gasteiger partial charge in [0.05, 0.1) is 11.4 Å². The second kappa shape index (κ2) is 5.19. The Balaban J connectivity index is 2.57. The van der Waals surface area contributed by atoms with E-state index in [-0.39, 0.29) is 11.4 Å². The number of halogens is 2. The predicted octanol–water partition coefficient (Wildman–Crippen LogP) is 3.17. The van der Waals surface area contributed by atoms with Crippen molar-refractivity contribution in [2.24, 2.45) is 5.73 Å². The largest absolute Gasteiger partial charge is 0.369 e. The Bertz CT molecular complexity index is 598. The van der Waals surface area contributed by atoms with Crippen molar-refractivity contribution in [1.82, 2.24) is 0 Å². The first kappa shape index (κ1) is 12.6. The van der Waals surface area contributed by atoms with Gasteiger partial charge >= 0.3 is 0 Å². The van der Waals surface area contributed by atoms with Crippen molar-refractivity contribution in [1.29, 1.82) is 0 Å². The van der Waals surface area contributed by atoms with E-state index in [0.29, 0.717) is 5.56 Å². The van der Waals surface area contributed by atoms with E-state index in [1.165, 1.54) is 6.07 Å². The number of amides is 1. The van der Waals surface area contributed by atoms with Crippen LogP contribution in [0, 0.1) is 5.82 Å². The number of carbonyl (C=O) groups is 1. The molecule has 0 aliphatic heterocycles. The molecule has 0 fully saturated rings. The van der Waals surface area contributed by atoms with Crippen LogP contribution in [0.1, 0.15) is 5.56 Å². The first-order valence-corrected chi connectivity index (χ1v) is 5.78. The lowest BCUT2D eigenvalue weighted by molar-refractivity contribution is -0.117. The van der Waals surface area contributed by atoms with Crippen molar-refractivity contribution in [3.8, 4) is 11.1 Å². The van der Waals surface area contributed by atoms with Gasteiger partial charge in [-0.2, -0.15) is 0 Å². The van der Waals surface area contributed by atoms with Crippen LogP contribution in [0.4, 0.5) is 4.39 Å². The molecule has 4 heteroatoms. The number of rotatable bonds is 3. The lowest BCUT2D eigenvalue weighted by atomic mass is 9.97. The highest BCUT2D eigenvalue weighted by Crippen LogP contribution is 2.32. The molecule has 0 aromatic heterocycles. The molecule has 0 unspecified atom stereocenters. The topological polar surface area (TPSA) is 43.1 Å². The fourth-order valence-electron chi connectivity index (χ4n) is 1.84. The molecule has 0 aliphatic carbocycles. The van der Waals surface area contributed by atoms with E-state index in [4.69, 9.17) is 17.3 Å². The summed E-state index contributed by atoms with van der Waals surface area (Å²) in [7, 11) is 0. The van der Waals surface area contributed by atoms with E-state index >= 15 is 0 Å². The van der Waals surface area contributed by atoms with E-state index < -0.39 is 11.7 Å². The summed E-state index contributed by atoms with van der Waals surface area (Å²) in [5, 5.41) is 0.0504. The predicted molar refractivity (Wildman–Crippen MR) is 69.7 cm³/mol. The maximum atomic E-state index is 13.4. The maximum Gasteiger partial charge on any atom is 0.221 e. The number of nitrogens with two attached hydrogens (primary N) is 1. The summed E-state index contributed by atoms with van der Waals surface area (Å²) in [6.45, 7) is 0. The van der Waals surface area contributed by atoms with Crippen LogP contribution >= 0.6 is 11.6 Å². The van der Waals surface area contributed by atoms with Gasteiger partial charge < -0.3 is 5.73 Å². The zero-order valence-electron chi connectivity index (χ0n) is 9.49. The summed E-state index contributed by atoms with van der Waals surface area (Å²) < 4.78 is 13.4. The Morgan fingerprint density at radius 2 is 1.78 bits per heavy atom. The van der Waals surface area contributed by atoms with Gasteiger partial charge in [0, 0.05) is 5.56 Å². The Morgan fingerprint density at radius 1 is 1.11 bits per heavy atom. The first-order valence-electron chi connectivity index (χ1n) is 5.40. The smallest absolute Gasteiger partial charge is 0.221 e. The summed E-state index contributed by atoms with van der Waals surface area (Å²) in [4.78, 5) is 11.0.